The molecule has 4 nitrogen and oxygen atoms in total. The molecule has 16 heavy (non-hydrogen) atoms. The molecule has 0 spiro atoms. The number of rotatable bonds is 4. The molecule has 0 heterocycles. The maximum atomic E-state index is 11.1. The van der Waals surface area contributed by atoms with E-state index < -0.39 is 12.1 Å². The Labute approximate surface area is 98.1 Å². The molecule has 1 aromatic rings. The highest BCUT2D eigenvalue weighted by molar-refractivity contribution is 6.30. The monoisotopic (exact) mass is 242 g/mol. The van der Waals surface area contributed by atoms with Crippen LogP contribution in [0.2, 0.25) is 5.02 Å². The Balaban J connectivity index is 2.91. The third-order valence-corrected chi connectivity index (χ3v) is 2.17. The zero-order valence-electron chi connectivity index (χ0n) is 8.90. The molecule has 0 fully saturated rings. The number of halogens is 1. The number of hydrogen-bond donors (Lipinski definition) is 0. The second-order valence-corrected chi connectivity index (χ2v) is 3.52. The van der Waals surface area contributed by atoms with Gasteiger partial charge in [0.05, 0.1) is 12.7 Å². The summed E-state index contributed by atoms with van der Waals surface area (Å²) in [5.74, 6) is -0.253. The van der Waals surface area contributed by atoms with Crippen LogP contribution in [0.5, 0.6) is 5.75 Å². The molecule has 1 rings (SSSR count). The van der Waals surface area contributed by atoms with E-state index >= 15 is 0 Å². The van der Waals surface area contributed by atoms with Crippen LogP contribution in [-0.4, -0.2) is 25.5 Å². The molecule has 0 aliphatic rings. The fourth-order valence-corrected chi connectivity index (χ4v) is 1.27. The Bertz CT molecular complexity index is 403. The number of carbonyl (C=O) groups is 2. The number of methoxy groups -OCH3 is 1. The van der Waals surface area contributed by atoms with Gasteiger partial charge in [-0.3, -0.25) is 4.79 Å². The summed E-state index contributed by atoms with van der Waals surface area (Å²) in [6.07, 6.45) is -0.155. The van der Waals surface area contributed by atoms with Crippen molar-refractivity contribution >= 4 is 23.9 Å². The molecule has 1 atom stereocenters. The average Bonchev–Trinajstić information content (AvgIpc) is 2.28. The normalized spacial score (nSPS) is 11.7. The number of carbonyl (C=O) groups excluding carboxylic acids is 2. The smallest absolute Gasteiger partial charge is 0.346 e. The zero-order valence-corrected chi connectivity index (χ0v) is 9.65. The van der Waals surface area contributed by atoms with E-state index in [0.717, 1.165) is 0 Å². The van der Waals surface area contributed by atoms with Crippen molar-refractivity contribution in [2.45, 2.75) is 13.0 Å². The molecule has 1 unspecified atom stereocenters. The van der Waals surface area contributed by atoms with Gasteiger partial charge >= 0.3 is 5.97 Å². The Morgan fingerprint density at radius 1 is 1.50 bits per heavy atom. The number of ether oxygens (including phenoxy) is 2. The van der Waals surface area contributed by atoms with Gasteiger partial charge in [-0.15, -0.1) is 0 Å². The van der Waals surface area contributed by atoms with Gasteiger partial charge in [-0.2, -0.15) is 0 Å². The molecular formula is C11H11ClO4. The maximum Gasteiger partial charge on any atom is 0.346 e. The largest absolute Gasteiger partial charge is 0.478 e. The van der Waals surface area contributed by atoms with Crippen molar-refractivity contribution in [2.24, 2.45) is 0 Å². The Morgan fingerprint density at radius 2 is 2.19 bits per heavy atom. The first-order chi connectivity index (χ1) is 7.58. The summed E-state index contributed by atoms with van der Waals surface area (Å²) in [6, 6.07) is 4.57. The molecule has 0 N–H and O–H groups in total. The van der Waals surface area contributed by atoms with Crippen LogP contribution in [0.1, 0.15) is 17.3 Å². The lowest BCUT2D eigenvalue weighted by atomic mass is 10.2. The van der Waals surface area contributed by atoms with E-state index in [2.05, 4.69) is 4.74 Å². The molecule has 0 radical (unpaired) electrons. The Kier molecular flexibility index (Phi) is 4.31. The van der Waals surface area contributed by atoms with Gasteiger partial charge in [0.1, 0.15) is 5.75 Å². The van der Waals surface area contributed by atoms with Gasteiger partial charge in [-0.05, 0) is 25.1 Å². The van der Waals surface area contributed by atoms with Crippen LogP contribution in [0.15, 0.2) is 18.2 Å². The number of esters is 1. The number of aldehydes is 1. The molecule has 0 amide bonds. The highest BCUT2D eigenvalue weighted by Gasteiger charge is 2.16. The Morgan fingerprint density at radius 3 is 2.75 bits per heavy atom. The van der Waals surface area contributed by atoms with Crippen LogP contribution < -0.4 is 4.74 Å². The highest BCUT2D eigenvalue weighted by Crippen LogP contribution is 2.23. The van der Waals surface area contributed by atoms with E-state index in [1.807, 2.05) is 0 Å². The van der Waals surface area contributed by atoms with Crippen molar-refractivity contribution in [1.82, 2.24) is 0 Å². The molecule has 1 aromatic carbocycles. The molecular weight excluding hydrogens is 232 g/mol. The molecule has 0 aliphatic heterocycles. The maximum absolute atomic E-state index is 11.1. The van der Waals surface area contributed by atoms with E-state index in [1.165, 1.54) is 26.2 Å². The minimum atomic E-state index is -0.790. The number of benzene rings is 1. The lowest BCUT2D eigenvalue weighted by Gasteiger charge is -2.13. The standard InChI is InChI=1S/C11H11ClO4/c1-7(11(14)15-2)16-10-5-9(12)4-3-8(10)6-13/h3-7H,1-2H3. The van der Waals surface area contributed by atoms with Crippen molar-refractivity contribution in [3.63, 3.8) is 0 Å². The Hall–Kier alpha value is -1.55. The van der Waals surface area contributed by atoms with Crippen molar-refractivity contribution in [2.75, 3.05) is 7.11 Å². The van der Waals surface area contributed by atoms with Gasteiger partial charge in [-0.1, -0.05) is 11.6 Å². The third-order valence-electron chi connectivity index (χ3n) is 1.94. The van der Waals surface area contributed by atoms with Crippen molar-refractivity contribution in [1.29, 1.82) is 0 Å². The molecule has 0 bridgehead atoms. The van der Waals surface area contributed by atoms with Crippen LogP contribution in [0.25, 0.3) is 0 Å². The van der Waals surface area contributed by atoms with Gasteiger partial charge < -0.3 is 9.47 Å². The summed E-state index contributed by atoms with van der Waals surface area (Å²) >= 11 is 5.76. The van der Waals surface area contributed by atoms with Gasteiger partial charge in [0, 0.05) is 5.02 Å². The summed E-state index contributed by atoms with van der Waals surface area (Å²) in [4.78, 5) is 21.9. The summed E-state index contributed by atoms with van der Waals surface area (Å²) in [5.41, 5.74) is 0.333. The first-order valence-electron chi connectivity index (χ1n) is 4.57. The molecule has 0 aliphatic carbocycles. The predicted octanol–water partition coefficient (Wildman–Crippen LogP) is 2.09. The van der Waals surface area contributed by atoms with Crippen molar-refractivity contribution in [3.8, 4) is 5.75 Å². The average molecular weight is 243 g/mol. The van der Waals surface area contributed by atoms with Crippen molar-refractivity contribution in [3.05, 3.63) is 28.8 Å². The summed E-state index contributed by atoms with van der Waals surface area (Å²) in [7, 11) is 1.26. The molecule has 0 aromatic heterocycles. The van der Waals surface area contributed by atoms with Crippen LogP contribution >= 0.6 is 11.6 Å². The second-order valence-electron chi connectivity index (χ2n) is 3.08. The minimum Gasteiger partial charge on any atom is -0.478 e. The van der Waals surface area contributed by atoms with Crippen LogP contribution in [0, 0.1) is 0 Å². The van der Waals surface area contributed by atoms with Gasteiger partial charge in [0.15, 0.2) is 12.4 Å². The highest BCUT2D eigenvalue weighted by atomic mass is 35.5. The lowest BCUT2D eigenvalue weighted by Crippen LogP contribution is -2.25. The predicted molar refractivity (Wildman–Crippen MR) is 58.9 cm³/mol. The molecule has 0 saturated carbocycles. The third kappa shape index (κ3) is 2.97. The van der Waals surface area contributed by atoms with Gasteiger partial charge in [-0.25, -0.2) is 4.79 Å². The van der Waals surface area contributed by atoms with E-state index in [-0.39, 0.29) is 5.75 Å². The van der Waals surface area contributed by atoms with Crippen molar-refractivity contribution < 1.29 is 19.1 Å². The molecule has 0 saturated heterocycles. The van der Waals surface area contributed by atoms with E-state index in [9.17, 15) is 9.59 Å². The minimum absolute atomic E-state index is 0.264. The fourth-order valence-electron chi connectivity index (χ4n) is 1.11. The van der Waals surface area contributed by atoms with Crippen LogP contribution in [0.4, 0.5) is 0 Å². The second kappa shape index (κ2) is 5.51. The molecule has 5 heteroatoms. The number of hydrogen-bond acceptors (Lipinski definition) is 4. The van der Waals surface area contributed by atoms with E-state index in [0.29, 0.717) is 16.9 Å². The first-order valence-corrected chi connectivity index (χ1v) is 4.95. The summed E-state index contributed by atoms with van der Waals surface area (Å²) < 4.78 is 9.78. The van der Waals surface area contributed by atoms with Crippen LogP contribution in [-0.2, 0) is 9.53 Å². The van der Waals surface area contributed by atoms with Gasteiger partial charge in [0.2, 0.25) is 0 Å². The summed E-state index contributed by atoms with van der Waals surface area (Å²) in [6.45, 7) is 1.53. The van der Waals surface area contributed by atoms with Crippen LogP contribution in [0.3, 0.4) is 0 Å². The van der Waals surface area contributed by atoms with Gasteiger partial charge in [0.25, 0.3) is 0 Å². The fraction of sp³-hybridized carbons (Fsp3) is 0.273. The van der Waals surface area contributed by atoms with E-state index in [1.54, 1.807) is 6.07 Å². The SMILES string of the molecule is COC(=O)C(C)Oc1cc(Cl)ccc1C=O. The topological polar surface area (TPSA) is 52.6 Å². The molecule has 86 valence electrons. The quantitative estimate of drug-likeness (QED) is 0.599. The first kappa shape index (κ1) is 12.5. The zero-order chi connectivity index (χ0) is 12.1. The van der Waals surface area contributed by atoms with E-state index in [4.69, 9.17) is 16.3 Å². The lowest BCUT2D eigenvalue weighted by molar-refractivity contribution is -0.147. The summed E-state index contributed by atoms with van der Waals surface area (Å²) in [5, 5.41) is 0.428.